The van der Waals surface area contributed by atoms with Gasteiger partial charge in [0.05, 0.1) is 0 Å². The van der Waals surface area contributed by atoms with Crippen molar-refractivity contribution in [3.05, 3.63) is 58.1 Å². The summed E-state index contributed by atoms with van der Waals surface area (Å²) in [5.41, 5.74) is 2.26. The molecule has 2 aromatic carbocycles. The number of fused-ring (bicyclic) bond motifs is 2. The van der Waals surface area contributed by atoms with Crippen LogP contribution in [0.1, 0.15) is 103 Å². The van der Waals surface area contributed by atoms with Crippen molar-refractivity contribution in [3.63, 3.8) is 0 Å². The van der Waals surface area contributed by atoms with Crippen LogP contribution >= 0.6 is 0 Å². The number of carbonyl (C=O) groups excluding carboxylic acids is 2. The van der Waals surface area contributed by atoms with Gasteiger partial charge < -0.3 is 0 Å². The first-order valence-electron chi connectivity index (χ1n) is 12.3. The molecule has 1 aliphatic rings. The van der Waals surface area contributed by atoms with E-state index in [1.807, 2.05) is 6.07 Å². The molecule has 34 heavy (non-hydrogen) atoms. The van der Waals surface area contributed by atoms with Crippen LogP contribution in [0.25, 0.3) is 0 Å². The summed E-state index contributed by atoms with van der Waals surface area (Å²) >= 11 is -0.231. The zero-order valence-electron chi connectivity index (χ0n) is 20.2. The average molecular weight is 527 g/mol. The second-order valence-corrected chi connectivity index (χ2v) is 10.1. The van der Waals surface area contributed by atoms with Gasteiger partial charge >= 0.3 is 189 Å². The molecule has 0 radical (unpaired) electrons. The Labute approximate surface area is 209 Å². The average Bonchev–Trinajstić information content (AvgIpc) is 2.85. The number of benzene rings is 2. The monoisotopic (exact) mass is 527 g/mol. The number of carbonyl (C=O) groups is 2. The molecule has 0 saturated carbocycles. The number of hydrogen-bond acceptors (Lipinski definition) is 5. The molecule has 5 nitrogen and oxygen atoms in total. The van der Waals surface area contributed by atoms with Gasteiger partial charge in [0.1, 0.15) is 0 Å². The molecule has 0 bridgehead atoms. The van der Waals surface area contributed by atoms with Crippen LogP contribution in [0.2, 0.25) is 0 Å². The summed E-state index contributed by atoms with van der Waals surface area (Å²) in [6.45, 7) is 5.32. The van der Waals surface area contributed by atoms with E-state index in [2.05, 4.69) is 18.8 Å². The van der Waals surface area contributed by atoms with Gasteiger partial charge in [-0.2, -0.15) is 0 Å². The number of hydrogen-bond donors (Lipinski definition) is 0. The molecular weight excluding hydrogens is 493 g/mol. The molecule has 0 unspecified atom stereocenters. The maximum atomic E-state index is 13.7. The Balaban J connectivity index is 1.93. The normalized spacial score (nSPS) is 12.1. The third kappa shape index (κ3) is 6.29. The van der Waals surface area contributed by atoms with Gasteiger partial charge in [0.15, 0.2) is 0 Å². The van der Waals surface area contributed by atoms with Crippen LogP contribution in [0.4, 0.5) is 0 Å². The van der Waals surface area contributed by atoms with Crippen molar-refractivity contribution in [1.29, 1.82) is 5.26 Å². The fourth-order valence-corrected chi connectivity index (χ4v) is 5.00. The summed E-state index contributed by atoms with van der Waals surface area (Å²) in [7, 11) is 0. The molecule has 1 aliphatic carbocycles. The molecule has 0 heterocycles. The third-order valence-corrected chi connectivity index (χ3v) is 7.22. The van der Waals surface area contributed by atoms with Crippen LogP contribution in [0.15, 0.2) is 30.3 Å². The van der Waals surface area contributed by atoms with E-state index in [-0.39, 0.29) is 26.5 Å². The van der Waals surface area contributed by atoms with Crippen molar-refractivity contribution in [2.24, 2.45) is 0 Å². The predicted molar refractivity (Wildman–Crippen MR) is 134 cm³/mol. The first kappa shape index (κ1) is 26.0. The Kier molecular flexibility index (Phi) is 10.2. The number of rotatable bonds is 14. The van der Waals surface area contributed by atoms with Gasteiger partial charge in [-0.05, 0) is 0 Å². The Hall–Kier alpha value is -2.61. The molecule has 0 saturated heterocycles. The van der Waals surface area contributed by atoms with Crippen LogP contribution in [0.5, 0.6) is 11.5 Å². The molecule has 2 aromatic rings. The second kappa shape index (κ2) is 13.3. The van der Waals surface area contributed by atoms with Crippen LogP contribution < -0.4 is 9.47 Å². The topological polar surface area (TPSA) is 76.4 Å². The zero-order valence-corrected chi connectivity index (χ0v) is 21.9. The second-order valence-electron chi connectivity index (χ2n) is 8.55. The van der Waals surface area contributed by atoms with Gasteiger partial charge in [0, 0.05) is 0 Å². The van der Waals surface area contributed by atoms with Crippen LogP contribution in [0, 0.1) is 10.2 Å². The molecule has 0 amide bonds. The summed E-state index contributed by atoms with van der Waals surface area (Å²) in [5, 5.41) is 9.61. The summed E-state index contributed by atoms with van der Waals surface area (Å²) in [6, 6.07) is 8.83. The minimum atomic E-state index is -0.231. The van der Waals surface area contributed by atoms with Crippen molar-refractivity contribution in [3.8, 4) is 16.5 Å². The Morgan fingerprint density at radius 3 is 2.09 bits per heavy atom. The molecule has 0 spiro atoms. The first-order valence-corrected chi connectivity index (χ1v) is 14.3. The Bertz CT molecular complexity index is 1060. The van der Waals surface area contributed by atoms with E-state index in [9.17, 15) is 9.59 Å². The summed E-state index contributed by atoms with van der Waals surface area (Å²) in [6.07, 6.45) is 8.48. The van der Waals surface area contributed by atoms with Crippen LogP contribution in [0.3, 0.4) is 0 Å². The van der Waals surface area contributed by atoms with Gasteiger partial charge in [-0.15, -0.1) is 0 Å². The molecule has 0 atom stereocenters. The van der Waals surface area contributed by atoms with Gasteiger partial charge in [0.2, 0.25) is 0 Å². The van der Waals surface area contributed by atoms with Gasteiger partial charge in [-0.25, -0.2) is 0 Å². The molecular formula is C28H33NO4Se. The van der Waals surface area contributed by atoms with E-state index in [1.165, 1.54) is 0 Å². The number of nitrogens with zero attached hydrogens (tertiary/aromatic N) is 1. The van der Waals surface area contributed by atoms with Gasteiger partial charge in [0.25, 0.3) is 0 Å². The van der Waals surface area contributed by atoms with E-state index >= 15 is 0 Å². The fraction of sp³-hybridized carbons (Fsp3) is 0.464. The molecule has 3 rings (SSSR count). The fourth-order valence-electron chi connectivity index (χ4n) is 4.17. The van der Waals surface area contributed by atoms with Crippen LogP contribution in [-0.2, 0) is 5.32 Å². The standard InChI is InChI=1S/C28H33NO4Se/c1-3-5-7-9-14-32-23-13-11-12-21-25(23)28(31)26-22(27(21)30)16-20(18-34-19-29)17-24(26)33-15-10-8-6-4-2/h11-13,16-17H,3-10,14-15,18H2,1-2H3. The number of unbranched alkanes of at least 4 members (excludes halogenated alkanes) is 6. The predicted octanol–water partition coefficient (Wildman–Crippen LogP) is 6.07. The van der Waals surface area contributed by atoms with Crippen molar-refractivity contribution in [1.82, 2.24) is 0 Å². The quantitative estimate of drug-likeness (QED) is 0.188. The Morgan fingerprint density at radius 2 is 1.44 bits per heavy atom. The van der Waals surface area contributed by atoms with Crippen molar-refractivity contribution < 1.29 is 19.1 Å². The van der Waals surface area contributed by atoms with E-state index in [4.69, 9.17) is 14.7 Å². The Morgan fingerprint density at radius 1 is 0.794 bits per heavy atom. The van der Waals surface area contributed by atoms with Crippen LogP contribution in [-0.4, -0.2) is 39.7 Å². The summed E-state index contributed by atoms with van der Waals surface area (Å²) in [4.78, 5) is 29.4. The van der Waals surface area contributed by atoms with Gasteiger partial charge in [-0.1, -0.05) is 19.8 Å². The van der Waals surface area contributed by atoms with E-state index in [1.54, 1.807) is 24.3 Å². The van der Waals surface area contributed by atoms with Gasteiger partial charge in [-0.3, -0.25) is 0 Å². The zero-order chi connectivity index (χ0) is 24.3. The summed E-state index contributed by atoms with van der Waals surface area (Å²) in [5.74, 6) is 0.487. The number of ether oxygens (including phenoxy) is 2. The van der Waals surface area contributed by atoms with Crippen molar-refractivity contribution in [2.45, 2.75) is 70.5 Å². The molecule has 0 fully saturated rings. The maximum absolute atomic E-state index is 13.7. The third-order valence-electron chi connectivity index (χ3n) is 5.95. The summed E-state index contributed by atoms with van der Waals surface area (Å²) < 4.78 is 12.1. The van der Waals surface area contributed by atoms with E-state index in [0.29, 0.717) is 52.3 Å². The molecule has 0 N–H and O–H groups in total. The SMILES string of the molecule is CCCCCCOc1cccc2c1C(=O)c1c(OCCCCCC)cc(C[Se]C#N)cc1C2=O. The van der Waals surface area contributed by atoms with E-state index < -0.39 is 0 Å². The molecule has 6 heteroatoms. The molecule has 0 aromatic heterocycles. The van der Waals surface area contributed by atoms with E-state index in [0.717, 1.165) is 56.9 Å². The molecule has 180 valence electrons. The number of ketones is 2. The number of nitriles is 1. The first-order chi connectivity index (χ1) is 16.6. The van der Waals surface area contributed by atoms with Crippen molar-refractivity contribution >= 4 is 26.5 Å². The molecule has 0 aliphatic heterocycles. The minimum absolute atomic E-state index is 0.192. The van der Waals surface area contributed by atoms with Crippen molar-refractivity contribution in [2.75, 3.05) is 13.2 Å².